The van der Waals surface area contributed by atoms with Crippen molar-refractivity contribution in [2.45, 2.75) is 65.3 Å². The van der Waals surface area contributed by atoms with Gasteiger partial charge >= 0.3 is 0 Å². The van der Waals surface area contributed by atoms with Crippen molar-refractivity contribution in [2.75, 3.05) is 0 Å². The molecule has 3 heteroatoms. The van der Waals surface area contributed by atoms with Crippen LogP contribution in [0.1, 0.15) is 57.3 Å². The highest BCUT2D eigenvalue weighted by molar-refractivity contribution is 5.81. The third kappa shape index (κ3) is 3.01. The van der Waals surface area contributed by atoms with Crippen molar-refractivity contribution in [1.29, 1.82) is 0 Å². The molecule has 0 unspecified atom stereocenters. The number of aromatic nitrogens is 2. The van der Waals surface area contributed by atoms with E-state index in [1.165, 1.54) is 18.5 Å². The van der Waals surface area contributed by atoms with Gasteiger partial charge in [0.1, 0.15) is 5.78 Å². The van der Waals surface area contributed by atoms with Gasteiger partial charge in [0.25, 0.3) is 0 Å². The SMILES string of the molecule is CCc1cc(CCC(=O)C2CCCC2)n(CC)n1. The van der Waals surface area contributed by atoms with Crippen LogP contribution in [0.3, 0.4) is 0 Å². The number of carbonyl (C=O) groups excluding carboxylic acids is 1. The van der Waals surface area contributed by atoms with Gasteiger partial charge in [0.05, 0.1) is 5.69 Å². The maximum atomic E-state index is 12.1. The monoisotopic (exact) mass is 248 g/mol. The molecule has 1 aromatic heterocycles. The normalized spacial score (nSPS) is 16.3. The van der Waals surface area contributed by atoms with Crippen molar-refractivity contribution in [3.8, 4) is 0 Å². The van der Waals surface area contributed by atoms with E-state index in [1.807, 2.05) is 4.68 Å². The lowest BCUT2D eigenvalue weighted by molar-refractivity contribution is -0.122. The fraction of sp³-hybridized carbons (Fsp3) is 0.733. The van der Waals surface area contributed by atoms with E-state index in [2.05, 4.69) is 25.0 Å². The van der Waals surface area contributed by atoms with E-state index >= 15 is 0 Å². The second-order valence-corrected chi connectivity index (χ2v) is 5.24. The van der Waals surface area contributed by atoms with Crippen LogP contribution < -0.4 is 0 Å². The maximum absolute atomic E-state index is 12.1. The Morgan fingerprint density at radius 2 is 2.11 bits per heavy atom. The fourth-order valence-corrected chi connectivity index (χ4v) is 2.87. The number of carbonyl (C=O) groups is 1. The van der Waals surface area contributed by atoms with E-state index in [4.69, 9.17) is 0 Å². The zero-order valence-corrected chi connectivity index (χ0v) is 11.6. The molecule has 0 bridgehead atoms. The van der Waals surface area contributed by atoms with Crippen molar-refractivity contribution in [3.63, 3.8) is 0 Å². The Kier molecular flexibility index (Phi) is 4.56. The van der Waals surface area contributed by atoms with Crippen LogP contribution in [0.25, 0.3) is 0 Å². The van der Waals surface area contributed by atoms with E-state index in [9.17, 15) is 4.79 Å². The van der Waals surface area contributed by atoms with E-state index in [0.717, 1.165) is 37.9 Å². The summed E-state index contributed by atoms with van der Waals surface area (Å²) in [7, 11) is 0. The molecule has 1 aromatic rings. The Balaban J connectivity index is 1.92. The molecule has 1 aliphatic carbocycles. The molecule has 3 nitrogen and oxygen atoms in total. The van der Waals surface area contributed by atoms with Gasteiger partial charge in [-0.1, -0.05) is 19.8 Å². The third-order valence-corrected chi connectivity index (χ3v) is 4.01. The first-order valence-corrected chi connectivity index (χ1v) is 7.32. The van der Waals surface area contributed by atoms with Crippen LogP contribution in [-0.2, 0) is 24.2 Å². The minimum Gasteiger partial charge on any atom is -0.299 e. The Morgan fingerprint density at radius 1 is 1.39 bits per heavy atom. The first-order valence-electron chi connectivity index (χ1n) is 7.32. The minimum absolute atomic E-state index is 0.355. The largest absolute Gasteiger partial charge is 0.299 e. The van der Waals surface area contributed by atoms with Crippen LogP contribution in [0.5, 0.6) is 0 Å². The summed E-state index contributed by atoms with van der Waals surface area (Å²) in [5, 5.41) is 4.53. The van der Waals surface area contributed by atoms with Gasteiger partial charge in [-0.25, -0.2) is 0 Å². The Hall–Kier alpha value is -1.12. The second kappa shape index (κ2) is 6.17. The lowest BCUT2D eigenvalue weighted by atomic mass is 9.98. The van der Waals surface area contributed by atoms with E-state index < -0.39 is 0 Å². The lowest BCUT2D eigenvalue weighted by Gasteiger charge is -2.08. The number of nitrogens with zero attached hydrogens (tertiary/aromatic N) is 2. The molecule has 0 N–H and O–H groups in total. The van der Waals surface area contributed by atoms with E-state index in [1.54, 1.807) is 0 Å². The molecule has 1 aliphatic rings. The van der Waals surface area contributed by atoms with Gasteiger partial charge in [0, 0.05) is 24.6 Å². The number of hydrogen-bond donors (Lipinski definition) is 0. The molecule has 0 aromatic carbocycles. The molecule has 0 radical (unpaired) electrons. The first-order chi connectivity index (χ1) is 8.74. The van der Waals surface area contributed by atoms with Crippen molar-refractivity contribution in [2.24, 2.45) is 5.92 Å². The molecule has 0 spiro atoms. The van der Waals surface area contributed by atoms with E-state index in [0.29, 0.717) is 18.1 Å². The van der Waals surface area contributed by atoms with Crippen LogP contribution in [0.4, 0.5) is 0 Å². The molecule has 0 atom stereocenters. The second-order valence-electron chi connectivity index (χ2n) is 5.24. The molecule has 100 valence electrons. The Bertz CT molecular complexity index is 403. The highest BCUT2D eigenvalue weighted by atomic mass is 16.1. The summed E-state index contributed by atoms with van der Waals surface area (Å²) in [6.45, 7) is 5.12. The van der Waals surface area contributed by atoms with Gasteiger partial charge in [0.15, 0.2) is 0 Å². The maximum Gasteiger partial charge on any atom is 0.136 e. The van der Waals surface area contributed by atoms with Crippen LogP contribution >= 0.6 is 0 Å². The molecule has 2 rings (SSSR count). The zero-order valence-electron chi connectivity index (χ0n) is 11.6. The van der Waals surface area contributed by atoms with Gasteiger partial charge in [-0.15, -0.1) is 0 Å². The summed E-state index contributed by atoms with van der Waals surface area (Å²) in [6.07, 6.45) is 7.23. The summed E-state index contributed by atoms with van der Waals surface area (Å²) in [4.78, 5) is 12.1. The van der Waals surface area contributed by atoms with Crippen LogP contribution in [-0.4, -0.2) is 15.6 Å². The molecule has 0 saturated heterocycles. The van der Waals surface area contributed by atoms with Gasteiger partial charge in [-0.3, -0.25) is 9.48 Å². The molecular weight excluding hydrogens is 224 g/mol. The van der Waals surface area contributed by atoms with Crippen molar-refractivity contribution in [1.82, 2.24) is 9.78 Å². The van der Waals surface area contributed by atoms with Crippen molar-refractivity contribution >= 4 is 5.78 Å². The molecule has 1 heterocycles. The molecule has 0 amide bonds. The number of aryl methyl sites for hydroxylation is 3. The van der Waals surface area contributed by atoms with E-state index in [-0.39, 0.29) is 0 Å². The molecule has 1 fully saturated rings. The average Bonchev–Trinajstić information content (AvgIpc) is 3.04. The van der Waals surface area contributed by atoms with Gasteiger partial charge in [-0.2, -0.15) is 5.10 Å². The quantitative estimate of drug-likeness (QED) is 0.775. The molecule has 0 aliphatic heterocycles. The Morgan fingerprint density at radius 3 is 2.72 bits per heavy atom. The first kappa shape index (κ1) is 13.3. The summed E-state index contributed by atoms with van der Waals surface area (Å²) in [5.41, 5.74) is 2.36. The smallest absolute Gasteiger partial charge is 0.136 e. The number of ketones is 1. The Labute approximate surface area is 110 Å². The van der Waals surface area contributed by atoms with Gasteiger partial charge in [0.2, 0.25) is 0 Å². The predicted molar refractivity (Wildman–Crippen MR) is 72.6 cm³/mol. The number of rotatable bonds is 6. The average molecular weight is 248 g/mol. The summed E-state index contributed by atoms with van der Waals surface area (Å²) < 4.78 is 2.04. The molecule has 1 saturated carbocycles. The van der Waals surface area contributed by atoms with Crippen LogP contribution in [0.2, 0.25) is 0 Å². The summed E-state index contributed by atoms with van der Waals surface area (Å²) in [5.74, 6) is 0.822. The molecule has 18 heavy (non-hydrogen) atoms. The topological polar surface area (TPSA) is 34.9 Å². The van der Waals surface area contributed by atoms with Crippen molar-refractivity contribution in [3.05, 3.63) is 17.5 Å². The van der Waals surface area contributed by atoms with Crippen LogP contribution in [0, 0.1) is 5.92 Å². The highest BCUT2D eigenvalue weighted by Gasteiger charge is 2.22. The highest BCUT2D eigenvalue weighted by Crippen LogP contribution is 2.26. The number of hydrogen-bond acceptors (Lipinski definition) is 2. The number of Topliss-reactive ketones (excluding diaryl/α,β-unsaturated/α-hetero) is 1. The fourth-order valence-electron chi connectivity index (χ4n) is 2.87. The standard InChI is InChI=1S/C15H24N2O/c1-3-13-11-14(17(4-2)16-13)9-10-15(18)12-7-5-6-8-12/h11-12H,3-10H2,1-2H3. The summed E-state index contributed by atoms with van der Waals surface area (Å²) >= 11 is 0. The lowest BCUT2D eigenvalue weighted by Crippen LogP contribution is -2.13. The van der Waals surface area contributed by atoms with Gasteiger partial charge in [-0.05, 0) is 38.7 Å². The molecular formula is C15H24N2O. The van der Waals surface area contributed by atoms with Crippen molar-refractivity contribution < 1.29 is 4.79 Å². The predicted octanol–water partition coefficient (Wildman–Crippen LogP) is 3.16. The zero-order chi connectivity index (χ0) is 13.0. The minimum atomic E-state index is 0.355. The third-order valence-electron chi connectivity index (χ3n) is 4.01. The van der Waals surface area contributed by atoms with Crippen LogP contribution in [0.15, 0.2) is 6.07 Å². The summed E-state index contributed by atoms with van der Waals surface area (Å²) in [6, 6.07) is 2.16. The van der Waals surface area contributed by atoms with Gasteiger partial charge < -0.3 is 0 Å².